The van der Waals surface area contributed by atoms with Crippen LogP contribution in [0.5, 0.6) is 0 Å². The molecular formula is C44H26N4. The molecule has 0 aliphatic heterocycles. The predicted molar refractivity (Wildman–Crippen MR) is 197 cm³/mol. The lowest BCUT2D eigenvalue weighted by molar-refractivity contribution is 1.17. The molecule has 222 valence electrons. The Morgan fingerprint density at radius 3 is 1.79 bits per heavy atom. The standard InChI is InChI=1S/C44H26N4/c1-46-31-24-25-42-38(27-31)37-18-6-9-22-41(37)48(42)43-23-11-19-33(44(43)34-15-3-2-12-30(34)28-45)29-13-10-14-32(26-29)47-39-20-7-4-16-35(39)36-17-5-8-21-40(36)47/h2-27H. The second-order valence-electron chi connectivity index (χ2n) is 11.9. The monoisotopic (exact) mass is 610 g/mol. The van der Waals surface area contributed by atoms with Crippen LogP contribution in [0.15, 0.2) is 158 Å². The molecule has 4 nitrogen and oxygen atoms in total. The minimum absolute atomic E-state index is 0.607. The van der Waals surface area contributed by atoms with Crippen molar-refractivity contribution < 1.29 is 0 Å². The Balaban J connectivity index is 1.36. The average molecular weight is 611 g/mol. The van der Waals surface area contributed by atoms with Gasteiger partial charge in [-0.25, -0.2) is 4.85 Å². The minimum atomic E-state index is 0.607. The summed E-state index contributed by atoms with van der Waals surface area (Å²) >= 11 is 0. The molecule has 0 unspecified atom stereocenters. The van der Waals surface area contributed by atoms with Crippen molar-refractivity contribution in [3.05, 3.63) is 175 Å². The van der Waals surface area contributed by atoms with Crippen LogP contribution in [0.25, 0.3) is 82.1 Å². The van der Waals surface area contributed by atoms with Gasteiger partial charge in [-0.1, -0.05) is 103 Å². The highest BCUT2D eigenvalue weighted by Gasteiger charge is 2.21. The number of nitrogens with zero attached hydrogens (tertiary/aromatic N) is 4. The van der Waals surface area contributed by atoms with Crippen LogP contribution in [-0.4, -0.2) is 9.13 Å². The largest absolute Gasteiger partial charge is 0.309 e. The van der Waals surface area contributed by atoms with E-state index in [1.807, 2.05) is 48.5 Å². The van der Waals surface area contributed by atoms with E-state index in [1.54, 1.807) is 0 Å². The third-order valence-electron chi connectivity index (χ3n) is 9.38. The van der Waals surface area contributed by atoms with Gasteiger partial charge < -0.3 is 9.13 Å². The van der Waals surface area contributed by atoms with E-state index in [0.717, 1.165) is 66.5 Å². The van der Waals surface area contributed by atoms with Crippen molar-refractivity contribution in [2.75, 3.05) is 0 Å². The molecule has 0 aliphatic rings. The first-order valence-electron chi connectivity index (χ1n) is 15.9. The normalized spacial score (nSPS) is 11.3. The van der Waals surface area contributed by atoms with Crippen molar-refractivity contribution in [1.29, 1.82) is 5.26 Å². The smallest absolute Gasteiger partial charge is 0.188 e. The van der Waals surface area contributed by atoms with Crippen molar-refractivity contribution in [1.82, 2.24) is 9.13 Å². The fourth-order valence-electron chi connectivity index (χ4n) is 7.35. The van der Waals surface area contributed by atoms with Crippen LogP contribution in [0.1, 0.15) is 5.56 Å². The van der Waals surface area contributed by atoms with Gasteiger partial charge in [-0.05, 0) is 71.1 Å². The van der Waals surface area contributed by atoms with Crippen LogP contribution < -0.4 is 0 Å². The lowest BCUT2D eigenvalue weighted by Gasteiger charge is -2.20. The van der Waals surface area contributed by atoms with E-state index in [0.29, 0.717) is 11.3 Å². The van der Waals surface area contributed by atoms with Gasteiger partial charge in [-0.3, -0.25) is 0 Å². The SMILES string of the molecule is [C-]#[N+]c1ccc2c(c1)c1ccccc1n2-c1cccc(-c2cccc(-n3c4ccccc4c4ccccc43)c2)c1-c1ccccc1C#N. The van der Waals surface area contributed by atoms with Gasteiger partial charge in [-0.2, -0.15) is 5.26 Å². The summed E-state index contributed by atoms with van der Waals surface area (Å²) in [7, 11) is 0. The van der Waals surface area contributed by atoms with Crippen molar-refractivity contribution >= 4 is 49.3 Å². The van der Waals surface area contributed by atoms with E-state index in [2.05, 4.69) is 129 Å². The third kappa shape index (κ3) is 4.07. The first-order chi connectivity index (χ1) is 23.7. The van der Waals surface area contributed by atoms with E-state index < -0.39 is 0 Å². The first-order valence-corrected chi connectivity index (χ1v) is 15.9. The van der Waals surface area contributed by atoms with Gasteiger partial charge >= 0.3 is 0 Å². The maximum Gasteiger partial charge on any atom is 0.188 e. The summed E-state index contributed by atoms with van der Waals surface area (Å²) in [5.74, 6) is 0. The summed E-state index contributed by atoms with van der Waals surface area (Å²) in [4.78, 5) is 3.72. The van der Waals surface area contributed by atoms with Crippen molar-refractivity contribution in [3.8, 4) is 39.7 Å². The molecule has 0 N–H and O–H groups in total. The van der Waals surface area contributed by atoms with Crippen molar-refractivity contribution in [2.45, 2.75) is 0 Å². The molecule has 48 heavy (non-hydrogen) atoms. The number of fused-ring (bicyclic) bond motifs is 6. The van der Waals surface area contributed by atoms with Crippen molar-refractivity contribution in [3.63, 3.8) is 0 Å². The van der Waals surface area contributed by atoms with E-state index in [-0.39, 0.29) is 0 Å². The van der Waals surface area contributed by atoms with Gasteiger partial charge in [0.05, 0.1) is 46.0 Å². The zero-order valence-corrected chi connectivity index (χ0v) is 25.8. The van der Waals surface area contributed by atoms with Crippen LogP contribution in [0.2, 0.25) is 0 Å². The first kappa shape index (κ1) is 27.4. The number of rotatable bonds is 4. The van der Waals surface area contributed by atoms with Gasteiger partial charge in [0.2, 0.25) is 0 Å². The van der Waals surface area contributed by atoms with Gasteiger partial charge in [0.1, 0.15) is 0 Å². The fraction of sp³-hybridized carbons (Fsp3) is 0. The van der Waals surface area contributed by atoms with E-state index in [4.69, 9.17) is 6.57 Å². The highest BCUT2D eigenvalue weighted by molar-refractivity contribution is 6.12. The number of hydrogen-bond acceptors (Lipinski definition) is 1. The summed E-state index contributed by atoms with van der Waals surface area (Å²) in [6.07, 6.45) is 0. The minimum Gasteiger partial charge on any atom is -0.309 e. The Morgan fingerprint density at radius 2 is 1.08 bits per heavy atom. The molecule has 7 aromatic carbocycles. The Kier molecular flexibility index (Phi) is 6.22. The molecule has 0 atom stereocenters. The molecule has 9 aromatic rings. The molecular weight excluding hydrogens is 585 g/mol. The molecule has 4 heteroatoms. The van der Waals surface area contributed by atoms with Gasteiger partial charge in [0, 0.05) is 33.0 Å². The Hall–Kier alpha value is -6.88. The average Bonchev–Trinajstić information content (AvgIpc) is 3.67. The zero-order valence-electron chi connectivity index (χ0n) is 25.8. The summed E-state index contributed by atoms with van der Waals surface area (Å²) in [5.41, 5.74) is 11.6. The maximum absolute atomic E-state index is 10.3. The second-order valence-corrected chi connectivity index (χ2v) is 11.9. The van der Waals surface area contributed by atoms with Gasteiger partial charge in [-0.15, -0.1) is 0 Å². The predicted octanol–water partition coefficient (Wildman–Crippen LogP) is 11.6. The third-order valence-corrected chi connectivity index (χ3v) is 9.38. The van der Waals surface area contributed by atoms with Gasteiger partial charge in [0.15, 0.2) is 5.69 Å². The highest BCUT2D eigenvalue weighted by atomic mass is 15.0. The van der Waals surface area contributed by atoms with Crippen LogP contribution in [0.3, 0.4) is 0 Å². The van der Waals surface area contributed by atoms with Crippen LogP contribution >= 0.6 is 0 Å². The highest BCUT2D eigenvalue weighted by Crippen LogP contribution is 2.43. The van der Waals surface area contributed by atoms with E-state index in [9.17, 15) is 5.26 Å². The molecule has 9 rings (SSSR count). The number of benzene rings is 7. The van der Waals surface area contributed by atoms with Crippen LogP contribution in [-0.2, 0) is 0 Å². The van der Waals surface area contributed by atoms with Crippen molar-refractivity contribution in [2.24, 2.45) is 0 Å². The van der Waals surface area contributed by atoms with Gasteiger partial charge in [0.25, 0.3) is 0 Å². The van der Waals surface area contributed by atoms with E-state index in [1.165, 1.54) is 10.8 Å². The quantitative estimate of drug-likeness (QED) is 0.183. The Labute approximate surface area is 277 Å². The second kappa shape index (κ2) is 10.9. The number of aromatic nitrogens is 2. The molecule has 0 radical (unpaired) electrons. The number of para-hydroxylation sites is 3. The fourth-order valence-corrected chi connectivity index (χ4v) is 7.35. The molecule has 0 spiro atoms. The Bertz CT molecular complexity index is 2760. The zero-order chi connectivity index (χ0) is 32.2. The molecule has 0 saturated carbocycles. The molecule has 0 amide bonds. The number of nitriles is 1. The molecule has 2 heterocycles. The lowest BCUT2D eigenvalue weighted by atomic mass is 9.90. The molecule has 0 fully saturated rings. The summed E-state index contributed by atoms with van der Waals surface area (Å²) in [6.45, 7) is 7.66. The van der Waals surface area contributed by atoms with Crippen LogP contribution in [0.4, 0.5) is 5.69 Å². The summed E-state index contributed by atoms with van der Waals surface area (Å²) in [5, 5.41) is 14.9. The number of hydrogen-bond donors (Lipinski definition) is 0. The van der Waals surface area contributed by atoms with Crippen LogP contribution in [0, 0.1) is 17.9 Å². The lowest BCUT2D eigenvalue weighted by Crippen LogP contribution is -2.01. The molecule has 0 aliphatic carbocycles. The van der Waals surface area contributed by atoms with E-state index >= 15 is 0 Å². The topological polar surface area (TPSA) is 38.0 Å². The maximum atomic E-state index is 10.3. The molecule has 0 saturated heterocycles. The Morgan fingerprint density at radius 1 is 0.500 bits per heavy atom. The molecule has 2 aromatic heterocycles. The molecule has 0 bridgehead atoms. The summed E-state index contributed by atoms with van der Waals surface area (Å²) in [6, 6.07) is 56.7. The summed E-state index contributed by atoms with van der Waals surface area (Å²) < 4.78 is 4.62.